The van der Waals surface area contributed by atoms with Gasteiger partial charge in [-0.1, -0.05) is 18.5 Å². The smallest absolute Gasteiger partial charge is 0.388 e. The first-order chi connectivity index (χ1) is 17.5. The van der Waals surface area contributed by atoms with Crippen molar-refractivity contribution in [1.82, 2.24) is 15.1 Å². The number of carbonyl (C=O) groups excluding carboxylic acids is 1. The Morgan fingerprint density at radius 2 is 1.82 bits per heavy atom. The van der Waals surface area contributed by atoms with Crippen LogP contribution in [0.2, 0.25) is 5.02 Å². The molecule has 0 aliphatic heterocycles. The second kappa shape index (κ2) is 11.1. The average molecular weight is 586 g/mol. The van der Waals surface area contributed by atoms with Crippen LogP contribution in [-0.2, 0) is 22.8 Å². The van der Waals surface area contributed by atoms with Crippen LogP contribution in [0.5, 0.6) is 0 Å². The summed E-state index contributed by atoms with van der Waals surface area (Å²) < 4.78 is 93.3. The molecule has 212 valence electrons. The maximum atomic E-state index is 15.0. The van der Waals surface area contributed by atoms with Crippen LogP contribution < -0.4 is 5.32 Å². The minimum atomic E-state index is -4.53. The van der Waals surface area contributed by atoms with Crippen LogP contribution in [0.15, 0.2) is 12.1 Å². The van der Waals surface area contributed by atoms with Crippen LogP contribution in [0, 0.1) is 17.6 Å². The molecule has 2 N–H and O–H groups in total. The number of aryl methyl sites for hydroxylation is 1. The molecule has 1 aromatic heterocycles. The van der Waals surface area contributed by atoms with E-state index in [2.05, 4.69) is 10.4 Å². The molecule has 1 unspecified atom stereocenters. The van der Waals surface area contributed by atoms with Crippen molar-refractivity contribution in [3.05, 3.63) is 40.0 Å². The van der Waals surface area contributed by atoms with Crippen LogP contribution in [0.1, 0.15) is 55.6 Å². The molecule has 38 heavy (non-hydrogen) atoms. The zero-order valence-electron chi connectivity index (χ0n) is 21.0. The van der Waals surface area contributed by atoms with Gasteiger partial charge in [-0.2, -0.15) is 18.3 Å². The van der Waals surface area contributed by atoms with Gasteiger partial charge in [0.2, 0.25) is 0 Å². The maximum Gasteiger partial charge on any atom is 0.391 e. The van der Waals surface area contributed by atoms with E-state index in [4.69, 9.17) is 11.6 Å². The van der Waals surface area contributed by atoms with Crippen LogP contribution >= 0.6 is 11.6 Å². The second-order valence-corrected chi connectivity index (χ2v) is 12.5. The Labute approximate surface area is 222 Å². The van der Waals surface area contributed by atoms with E-state index in [0.29, 0.717) is 0 Å². The summed E-state index contributed by atoms with van der Waals surface area (Å²) >= 11 is 6.34. The minimum absolute atomic E-state index is 0.0604. The van der Waals surface area contributed by atoms with Gasteiger partial charge in [0.15, 0.2) is 5.69 Å². The predicted octanol–water partition coefficient (Wildman–Crippen LogP) is 4.69. The summed E-state index contributed by atoms with van der Waals surface area (Å²) in [6, 6.07) is 1.60. The molecule has 1 aliphatic rings. The highest BCUT2D eigenvalue weighted by Crippen LogP contribution is 2.37. The van der Waals surface area contributed by atoms with Crippen molar-refractivity contribution >= 4 is 27.3 Å². The van der Waals surface area contributed by atoms with Crippen molar-refractivity contribution < 1.29 is 40.3 Å². The van der Waals surface area contributed by atoms with Gasteiger partial charge in [0.1, 0.15) is 21.5 Å². The molecule has 0 bridgehead atoms. The summed E-state index contributed by atoms with van der Waals surface area (Å²) in [5.41, 5.74) is -2.78. The number of sulfone groups is 1. The molecule has 1 fully saturated rings. The molecule has 1 heterocycles. The number of carbonyl (C=O) groups is 1. The third-order valence-electron chi connectivity index (χ3n) is 6.90. The molecular weight excluding hydrogens is 557 g/mol. The summed E-state index contributed by atoms with van der Waals surface area (Å²) in [6.07, 6.45) is -3.27. The van der Waals surface area contributed by atoms with Crippen LogP contribution in [0.4, 0.5) is 22.0 Å². The van der Waals surface area contributed by atoms with Crippen molar-refractivity contribution in [2.24, 2.45) is 5.92 Å². The molecule has 7 nitrogen and oxygen atoms in total. The van der Waals surface area contributed by atoms with Crippen LogP contribution in [0.25, 0.3) is 11.3 Å². The van der Waals surface area contributed by atoms with Crippen LogP contribution in [-0.4, -0.2) is 59.0 Å². The molecule has 1 atom stereocenters. The number of hydrogen-bond donors (Lipinski definition) is 2. The number of nitrogens with one attached hydrogen (secondary N) is 1. The molecule has 0 radical (unpaired) electrons. The Morgan fingerprint density at radius 3 is 2.29 bits per heavy atom. The summed E-state index contributed by atoms with van der Waals surface area (Å²) in [5.74, 6) is -4.95. The Hall–Kier alpha value is -2.25. The topological polar surface area (TPSA) is 101 Å². The number of hydrogen-bond acceptors (Lipinski definition) is 5. The van der Waals surface area contributed by atoms with Crippen molar-refractivity contribution in [2.75, 3.05) is 12.8 Å². The van der Waals surface area contributed by atoms with Gasteiger partial charge in [-0.15, -0.1) is 0 Å². The van der Waals surface area contributed by atoms with E-state index >= 15 is 8.78 Å². The first kappa shape index (κ1) is 30.3. The van der Waals surface area contributed by atoms with Gasteiger partial charge in [-0.3, -0.25) is 9.48 Å². The highest BCUT2D eigenvalue weighted by atomic mass is 35.5. The van der Waals surface area contributed by atoms with Gasteiger partial charge in [0.25, 0.3) is 5.91 Å². The monoisotopic (exact) mass is 585 g/mol. The maximum absolute atomic E-state index is 15.0. The predicted molar refractivity (Wildman–Crippen MR) is 132 cm³/mol. The molecule has 0 spiro atoms. The van der Waals surface area contributed by atoms with Crippen molar-refractivity contribution in [1.29, 1.82) is 0 Å². The lowest BCUT2D eigenvalue weighted by molar-refractivity contribution is -0.169. The molecular formula is C24H29ClF5N3O4S. The Balaban J connectivity index is 1.82. The first-order valence-corrected chi connectivity index (χ1v) is 14.3. The summed E-state index contributed by atoms with van der Waals surface area (Å²) in [4.78, 5) is 12.9. The van der Waals surface area contributed by atoms with E-state index in [1.54, 1.807) is 6.92 Å². The number of aliphatic hydroxyl groups is 1. The number of nitrogens with zero attached hydrogens (tertiary/aromatic N) is 2. The SMILES string of the molecule is CCn1nc(C(=O)NC[C@]2(O)CC[C@@H](S(C)(=O)=O)CC2)c(Cl)c1-c1c(F)cc(CC(C)C(F)(F)F)cc1F. The largest absolute Gasteiger partial charge is 0.391 e. The molecule has 1 saturated carbocycles. The van der Waals surface area contributed by atoms with Crippen molar-refractivity contribution in [3.63, 3.8) is 0 Å². The average Bonchev–Trinajstić information content (AvgIpc) is 3.12. The lowest BCUT2D eigenvalue weighted by Crippen LogP contribution is -2.47. The molecule has 1 aromatic carbocycles. The quantitative estimate of drug-likeness (QED) is 0.438. The lowest BCUT2D eigenvalue weighted by atomic mass is 9.84. The standard InChI is InChI=1S/C24H29ClF5N3O4S/c1-4-33-21(18-16(26)10-14(11-17(18)27)9-13(2)24(28,29)30)19(25)20(32-33)22(34)31-12-23(35)7-5-15(6-8-23)38(3,36)37/h10-11,13,15,35H,4-9,12H2,1-3H3,(H,31,34)/t13?,15-,23+. The van der Waals surface area contributed by atoms with Gasteiger partial charge < -0.3 is 10.4 Å². The van der Waals surface area contributed by atoms with Gasteiger partial charge in [0, 0.05) is 19.3 Å². The van der Waals surface area contributed by atoms with Gasteiger partial charge >= 0.3 is 6.18 Å². The van der Waals surface area contributed by atoms with E-state index in [0.717, 1.165) is 30.0 Å². The third kappa shape index (κ3) is 6.66. The fourth-order valence-electron chi connectivity index (χ4n) is 4.55. The number of amides is 1. The number of alkyl halides is 3. The highest BCUT2D eigenvalue weighted by Gasteiger charge is 2.38. The molecule has 0 saturated heterocycles. The van der Waals surface area contributed by atoms with E-state index in [9.17, 15) is 31.5 Å². The Bertz CT molecular complexity index is 1280. The minimum Gasteiger partial charge on any atom is -0.388 e. The fourth-order valence-corrected chi connectivity index (χ4v) is 5.96. The molecule has 14 heteroatoms. The van der Waals surface area contributed by atoms with E-state index in [1.807, 2.05) is 0 Å². The van der Waals surface area contributed by atoms with Gasteiger partial charge in [0.05, 0.1) is 33.0 Å². The van der Waals surface area contributed by atoms with Crippen molar-refractivity contribution in [2.45, 2.75) is 69.5 Å². The first-order valence-electron chi connectivity index (χ1n) is 12.0. The molecule has 1 aliphatic carbocycles. The Morgan fingerprint density at radius 1 is 1.26 bits per heavy atom. The number of halogens is 6. The molecule has 2 aromatic rings. The van der Waals surface area contributed by atoms with Crippen LogP contribution in [0.3, 0.4) is 0 Å². The normalized spacial score (nSPS) is 21.4. The Kier molecular flexibility index (Phi) is 8.84. The molecule has 3 rings (SSSR count). The fraction of sp³-hybridized carbons (Fsp3) is 0.583. The summed E-state index contributed by atoms with van der Waals surface area (Å²) in [5, 5.41) is 16.4. The zero-order valence-corrected chi connectivity index (χ0v) is 22.6. The van der Waals surface area contributed by atoms with Gasteiger partial charge in [-0.05, 0) is 56.7 Å². The van der Waals surface area contributed by atoms with E-state index < -0.39 is 62.3 Å². The second-order valence-electron chi connectivity index (χ2n) is 9.84. The van der Waals surface area contributed by atoms with E-state index in [-0.39, 0.29) is 60.7 Å². The zero-order chi connectivity index (χ0) is 28.6. The number of benzene rings is 1. The molecule has 1 amide bonds. The summed E-state index contributed by atoms with van der Waals surface area (Å²) in [6.45, 7) is 2.34. The number of aromatic nitrogens is 2. The third-order valence-corrected chi connectivity index (χ3v) is 8.94. The lowest BCUT2D eigenvalue weighted by Gasteiger charge is -2.35. The number of rotatable bonds is 8. The highest BCUT2D eigenvalue weighted by molar-refractivity contribution is 7.91. The summed E-state index contributed by atoms with van der Waals surface area (Å²) in [7, 11) is -3.25. The van der Waals surface area contributed by atoms with E-state index in [1.165, 1.54) is 0 Å². The van der Waals surface area contributed by atoms with Crippen molar-refractivity contribution in [3.8, 4) is 11.3 Å². The van der Waals surface area contributed by atoms with Gasteiger partial charge in [-0.25, -0.2) is 17.2 Å².